The number of aliphatic hydroxyl groups is 2. The second kappa shape index (κ2) is 7.73. The molecule has 174 valence electrons. The van der Waals surface area contributed by atoms with Crippen LogP contribution < -0.4 is 5.32 Å². The van der Waals surface area contributed by atoms with Crippen LogP contribution >= 0.6 is 11.8 Å². The van der Waals surface area contributed by atoms with Gasteiger partial charge in [0.1, 0.15) is 0 Å². The molecule has 4 unspecified atom stereocenters. The average molecular weight is 449 g/mol. The van der Waals surface area contributed by atoms with Crippen molar-refractivity contribution in [2.75, 3.05) is 0 Å². The third-order valence-corrected chi connectivity index (χ3v) is 11.8. The van der Waals surface area contributed by atoms with Gasteiger partial charge >= 0.3 is 0 Å². The molecule has 1 saturated heterocycles. The Hall–Kier alpha value is -0.590. The number of fused-ring (bicyclic) bond motifs is 5. The van der Waals surface area contributed by atoms with Crippen LogP contribution in [-0.4, -0.2) is 38.7 Å². The van der Waals surface area contributed by atoms with Crippen LogP contribution in [0, 0.1) is 51.7 Å². The van der Waals surface area contributed by atoms with Gasteiger partial charge < -0.3 is 15.5 Å². The highest BCUT2D eigenvalue weighted by molar-refractivity contribution is 8.15. The van der Waals surface area contributed by atoms with Crippen molar-refractivity contribution in [3.63, 3.8) is 0 Å². The van der Waals surface area contributed by atoms with E-state index in [9.17, 15) is 15.0 Å². The highest BCUT2D eigenvalue weighted by Crippen LogP contribution is 2.68. The lowest BCUT2D eigenvalue weighted by Gasteiger charge is -2.62. The molecule has 5 aliphatic rings. The fourth-order valence-corrected chi connectivity index (χ4v) is 10.3. The Bertz CT molecular complexity index is 761. The molecule has 1 heterocycles. The molecule has 0 radical (unpaired) electrons. The third-order valence-electron chi connectivity index (χ3n) is 10.8. The summed E-state index contributed by atoms with van der Waals surface area (Å²) in [6.07, 6.45) is 9.02. The van der Waals surface area contributed by atoms with E-state index in [4.69, 9.17) is 5.41 Å². The van der Waals surface area contributed by atoms with Gasteiger partial charge in [0, 0.05) is 0 Å². The van der Waals surface area contributed by atoms with E-state index >= 15 is 0 Å². The first-order chi connectivity index (χ1) is 14.6. The van der Waals surface area contributed by atoms with Crippen LogP contribution in [0.2, 0.25) is 0 Å². The summed E-state index contributed by atoms with van der Waals surface area (Å²) in [5.41, 5.74) is 0.513. The number of rotatable bonds is 3. The van der Waals surface area contributed by atoms with E-state index in [0.29, 0.717) is 40.7 Å². The number of hydrogen-bond donors (Lipinski definition) is 4. The van der Waals surface area contributed by atoms with Crippen molar-refractivity contribution < 1.29 is 15.0 Å². The summed E-state index contributed by atoms with van der Waals surface area (Å²) in [5.74, 6) is 3.05. The average Bonchev–Trinajstić information content (AvgIpc) is 3.21. The zero-order valence-corrected chi connectivity index (χ0v) is 20.1. The predicted molar refractivity (Wildman–Crippen MR) is 124 cm³/mol. The molecule has 5 fully saturated rings. The molecule has 0 bridgehead atoms. The molecule has 5 nitrogen and oxygen atoms in total. The van der Waals surface area contributed by atoms with E-state index in [0.717, 1.165) is 32.1 Å². The summed E-state index contributed by atoms with van der Waals surface area (Å²) in [7, 11) is 0. The first-order valence-electron chi connectivity index (χ1n) is 12.6. The standard InChI is InChI=1S/C25H40N2O3S/c1-13(10-20-22(30)27-23(26)31-20)16-4-5-17-21-18(7-9-25(16,17)3)24(2)8-6-15(28)11-14(24)12-19(21)29/h13-21,28-29H,4-12H2,1-3H3,(H2,26,27,30)/t13-,14+,15-,16?,17?,18?,19-,20-,21?,24+,25-/m1/s1. The van der Waals surface area contributed by atoms with Crippen LogP contribution in [0.25, 0.3) is 0 Å². The highest BCUT2D eigenvalue weighted by atomic mass is 32.2. The third kappa shape index (κ3) is 3.42. The van der Waals surface area contributed by atoms with Gasteiger partial charge in [-0.2, -0.15) is 0 Å². The maximum Gasteiger partial charge on any atom is 0.239 e. The van der Waals surface area contributed by atoms with Crippen LogP contribution in [0.5, 0.6) is 0 Å². The van der Waals surface area contributed by atoms with Crippen molar-refractivity contribution in [1.82, 2.24) is 5.32 Å². The second-order valence-electron chi connectivity index (χ2n) is 12.1. The number of carbonyl (C=O) groups is 1. The molecular weight excluding hydrogens is 408 g/mol. The summed E-state index contributed by atoms with van der Waals surface area (Å²) in [4.78, 5) is 12.2. The van der Waals surface area contributed by atoms with Gasteiger partial charge in [0.15, 0.2) is 5.17 Å². The summed E-state index contributed by atoms with van der Waals surface area (Å²) in [6, 6.07) is 0. The molecule has 1 amide bonds. The number of hydrogen-bond acceptors (Lipinski definition) is 5. The van der Waals surface area contributed by atoms with Crippen LogP contribution in [0.4, 0.5) is 0 Å². The summed E-state index contributed by atoms with van der Waals surface area (Å²) < 4.78 is 0. The SMILES string of the molecule is C[C@H](C[C@H]1SC(=N)NC1=O)C1CCC2C3C(CC[C@@]21C)[C@@]1(C)CC[C@@H](O)C[C@H]1C[C@H]3O. The molecule has 11 atom stereocenters. The number of aliphatic hydroxyl groups excluding tert-OH is 2. The Morgan fingerprint density at radius 3 is 2.52 bits per heavy atom. The molecule has 0 spiro atoms. The van der Waals surface area contributed by atoms with E-state index in [2.05, 4.69) is 26.1 Å². The zero-order valence-electron chi connectivity index (χ0n) is 19.3. The molecule has 0 aromatic heterocycles. The van der Waals surface area contributed by atoms with Gasteiger partial charge in [0.2, 0.25) is 5.91 Å². The van der Waals surface area contributed by atoms with Crippen molar-refractivity contribution in [2.24, 2.45) is 46.3 Å². The molecule has 31 heavy (non-hydrogen) atoms. The molecule has 0 aromatic carbocycles. The molecule has 0 aromatic rings. The van der Waals surface area contributed by atoms with Gasteiger partial charge in [-0.1, -0.05) is 32.5 Å². The minimum Gasteiger partial charge on any atom is -0.393 e. The summed E-state index contributed by atoms with van der Waals surface area (Å²) in [5, 5.41) is 32.2. The van der Waals surface area contributed by atoms with E-state index in [1.54, 1.807) is 0 Å². The first-order valence-corrected chi connectivity index (χ1v) is 13.4. The van der Waals surface area contributed by atoms with Crippen LogP contribution in [0.15, 0.2) is 0 Å². The Balaban J connectivity index is 1.35. The lowest BCUT2D eigenvalue weighted by atomic mass is 9.43. The van der Waals surface area contributed by atoms with Crippen LogP contribution in [-0.2, 0) is 4.79 Å². The van der Waals surface area contributed by atoms with Gasteiger partial charge in [-0.3, -0.25) is 10.2 Å². The number of thioether (sulfide) groups is 1. The Morgan fingerprint density at radius 2 is 1.81 bits per heavy atom. The lowest BCUT2D eigenvalue weighted by molar-refractivity contribution is -0.174. The summed E-state index contributed by atoms with van der Waals surface area (Å²) >= 11 is 1.38. The predicted octanol–water partition coefficient (Wildman–Crippen LogP) is 4.17. The van der Waals surface area contributed by atoms with Crippen molar-refractivity contribution in [3.05, 3.63) is 0 Å². The number of amidine groups is 1. The molecule has 4 saturated carbocycles. The van der Waals surface area contributed by atoms with Crippen LogP contribution in [0.3, 0.4) is 0 Å². The minimum atomic E-state index is -0.233. The monoisotopic (exact) mass is 448 g/mol. The van der Waals surface area contributed by atoms with Crippen molar-refractivity contribution in [2.45, 2.75) is 96.0 Å². The van der Waals surface area contributed by atoms with Gasteiger partial charge in [-0.15, -0.1) is 0 Å². The highest BCUT2D eigenvalue weighted by Gasteiger charge is 2.63. The van der Waals surface area contributed by atoms with E-state index < -0.39 is 0 Å². The number of amides is 1. The normalized spacial score (nSPS) is 52.8. The fourth-order valence-electron chi connectivity index (χ4n) is 9.25. The maximum atomic E-state index is 12.2. The summed E-state index contributed by atoms with van der Waals surface area (Å²) in [6.45, 7) is 7.27. The molecule has 1 aliphatic heterocycles. The number of nitrogens with one attached hydrogen (secondary N) is 2. The van der Waals surface area contributed by atoms with Gasteiger partial charge in [0.25, 0.3) is 0 Å². The van der Waals surface area contributed by atoms with Gasteiger partial charge in [-0.05, 0) is 104 Å². The van der Waals surface area contributed by atoms with Crippen molar-refractivity contribution in [1.29, 1.82) is 5.41 Å². The molecule has 4 N–H and O–H groups in total. The number of carbonyl (C=O) groups excluding carboxylic acids is 1. The van der Waals surface area contributed by atoms with Crippen molar-refractivity contribution in [3.8, 4) is 0 Å². The Morgan fingerprint density at radius 1 is 1.10 bits per heavy atom. The van der Waals surface area contributed by atoms with Crippen molar-refractivity contribution >= 4 is 22.8 Å². The topological polar surface area (TPSA) is 93.4 Å². The van der Waals surface area contributed by atoms with Gasteiger partial charge in [0.05, 0.1) is 17.5 Å². The van der Waals surface area contributed by atoms with E-state index in [1.165, 1.54) is 37.4 Å². The minimum absolute atomic E-state index is 0.00594. The molecule has 6 heteroatoms. The van der Waals surface area contributed by atoms with E-state index in [-0.39, 0.29) is 34.2 Å². The maximum absolute atomic E-state index is 12.2. The largest absolute Gasteiger partial charge is 0.393 e. The second-order valence-corrected chi connectivity index (χ2v) is 13.3. The molecular formula is C25H40N2O3S. The van der Waals surface area contributed by atoms with E-state index in [1.807, 2.05) is 0 Å². The molecule has 5 rings (SSSR count). The fraction of sp³-hybridized carbons (Fsp3) is 0.920. The van der Waals surface area contributed by atoms with Crippen LogP contribution in [0.1, 0.15) is 78.6 Å². The first kappa shape index (κ1) is 22.2. The molecule has 4 aliphatic carbocycles. The lowest BCUT2D eigenvalue weighted by Crippen LogP contribution is -2.58. The Kier molecular flexibility index (Phi) is 5.54. The van der Waals surface area contributed by atoms with Gasteiger partial charge in [-0.25, -0.2) is 0 Å². The smallest absolute Gasteiger partial charge is 0.239 e. The quantitative estimate of drug-likeness (QED) is 0.521. The Labute approximate surface area is 191 Å². The zero-order chi connectivity index (χ0) is 22.1.